The molecule has 1 heterocycles. The number of aliphatic carboxylic acids is 1. The molecule has 1 aromatic rings. The summed E-state index contributed by atoms with van der Waals surface area (Å²) in [5.74, 6) is -3.82. The Morgan fingerprint density at radius 2 is 1.70 bits per heavy atom. The van der Waals surface area contributed by atoms with Crippen molar-refractivity contribution in [3.63, 3.8) is 0 Å². The van der Waals surface area contributed by atoms with Crippen LogP contribution in [0.15, 0.2) is 18.2 Å². The van der Waals surface area contributed by atoms with Crippen molar-refractivity contribution in [3.8, 4) is 0 Å². The van der Waals surface area contributed by atoms with Gasteiger partial charge in [0.05, 0.1) is 0 Å². The van der Waals surface area contributed by atoms with Crippen molar-refractivity contribution in [2.45, 2.75) is 18.4 Å². The Morgan fingerprint density at radius 3 is 2.11 bits per heavy atom. The van der Waals surface area contributed by atoms with Gasteiger partial charge in [-0.1, -0.05) is 29.3 Å². The highest BCUT2D eigenvalue weighted by Gasteiger charge is 2.38. The van der Waals surface area contributed by atoms with Crippen LogP contribution in [-0.4, -0.2) is 64.8 Å². The van der Waals surface area contributed by atoms with Gasteiger partial charge in [-0.3, -0.25) is 9.69 Å². The van der Waals surface area contributed by atoms with E-state index < -0.39 is 23.7 Å². The molecule has 0 saturated carbocycles. The van der Waals surface area contributed by atoms with Gasteiger partial charge in [0.1, 0.15) is 5.82 Å². The number of hydrogen-bond acceptors (Lipinski definition) is 3. The number of hydrogen-bond donors (Lipinski definition) is 1. The van der Waals surface area contributed by atoms with Crippen LogP contribution in [-0.2, 0) is 16.1 Å². The quantitative estimate of drug-likeness (QED) is 0.583. The molecular weight excluding hydrogens is 422 g/mol. The zero-order valence-electron chi connectivity index (χ0n) is 13.6. The second kappa shape index (κ2) is 10.0. The molecule has 1 saturated heterocycles. The summed E-state index contributed by atoms with van der Waals surface area (Å²) in [5, 5.41) is 7.51. The Labute approximate surface area is 161 Å². The maximum atomic E-state index is 13.7. The minimum Gasteiger partial charge on any atom is -0.475 e. The van der Waals surface area contributed by atoms with Crippen molar-refractivity contribution < 1.29 is 36.6 Å². The fraction of sp³-hybridized carbons (Fsp3) is 0.467. The molecular formula is C15H15Cl2F5N2O3. The molecule has 5 nitrogen and oxygen atoms in total. The summed E-state index contributed by atoms with van der Waals surface area (Å²) in [6, 6.07) is 4.56. The first kappa shape index (κ1) is 23.4. The number of piperazine rings is 1. The van der Waals surface area contributed by atoms with Gasteiger partial charge < -0.3 is 10.0 Å². The smallest absolute Gasteiger partial charge is 0.475 e. The Bertz CT molecular complexity index is 645. The zero-order chi connectivity index (χ0) is 20.8. The van der Waals surface area contributed by atoms with E-state index in [2.05, 4.69) is 0 Å². The number of carboxylic acids is 1. The van der Waals surface area contributed by atoms with E-state index in [4.69, 9.17) is 33.1 Å². The summed E-state index contributed by atoms with van der Waals surface area (Å²) in [4.78, 5) is 23.6. The van der Waals surface area contributed by atoms with Crippen LogP contribution in [0.2, 0.25) is 5.02 Å². The highest BCUT2D eigenvalue weighted by molar-refractivity contribution is 6.31. The first-order chi connectivity index (χ1) is 12.4. The van der Waals surface area contributed by atoms with Gasteiger partial charge in [-0.2, -0.15) is 13.2 Å². The number of alkyl halides is 5. The summed E-state index contributed by atoms with van der Waals surface area (Å²) < 4.78 is 58.1. The lowest BCUT2D eigenvalue weighted by molar-refractivity contribution is -0.192. The third-order valence-electron chi connectivity index (χ3n) is 3.56. The maximum absolute atomic E-state index is 13.7. The van der Waals surface area contributed by atoms with Crippen LogP contribution in [0.1, 0.15) is 5.56 Å². The van der Waals surface area contributed by atoms with Crippen LogP contribution >= 0.6 is 23.2 Å². The van der Waals surface area contributed by atoms with Crippen molar-refractivity contribution >= 4 is 35.1 Å². The van der Waals surface area contributed by atoms with E-state index in [9.17, 15) is 26.7 Å². The molecule has 1 amide bonds. The summed E-state index contributed by atoms with van der Waals surface area (Å²) in [6.45, 7) is 2.17. The lowest BCUT2D eigenvalue weighted by Gasteiger charge is -2.34. The van der Waals surface area contributed by atoms with E-state index in [0.29, 0.717) is 43.3 Å². The first-order valence-corrected chi connectivity index (χ1v) is 8.27. The molecule has 1 N–H and O–H groups in total. The van der Waals surface area contributed by atoms with Gasteiger partial charge in [-0.25, -0.2) is 13.6 Å². The Hall–Kier alpha value is -1.65. The number of rotatable bonds is 3. The molecule has 0 aromatic heterocycles. The highest BCUT2D eigenvalue weighted by Crippen LogP contribution is 2.21. The molecule has 1 aliphatic heterocycles. The van der Waals surface area contributed by atoms with Crippen molar-refractivity contribution in [1.29, 1.82) is 0 Å². The number of halogens is 7. The van der Waals surface area contributed by atoms with Crippen molar-refractivity contribution in [2.75, 3.05) is 26.2 Å². The van der Waals surface area contributed by atoms with Gasteiger partial charge in [-0.15, -0.1) is 0 Å². The Morgan fingerprint density at radius 1 is 1.19 bits per heavy atom. The fourth-order valence-corrected chi connectivity index (χ4v) is 2.53. The van der Waals surface area contributed by atoms with Crippen LogP contribution in [0.5, 0.6) is 0 Å². The van der Waals surface area contributed by atoms with E-state index in [0.717, 1.165) is 0 Å². The standard InChI is InChI=1S/C13H14Cl2F2N2O.C2HF3O2/c14-10-2-1-3-11(16)9(10)8-18-4-6-19(7-5-18)13(20)12(15)17;3-2(4,5)1(6)7/h1-3,12H,4-8H2;(H,6,7). The average molecular weight is 437 g/mol. The van der Waals surface area contributed by atoms with Gasteiger partial charge in [-0.05, 0) is 12.1 Å². The van der Waals surface area contributed by atoms with E-state index in [-0.39, 0.29) is 5.82 Å². The van der Waals surface area contributed by atoms with Crippen LogP contribution in [0.25, 0.3) is 0 Å². The molecule has 1 aliphatic rings. The molecule has 1 atom stereocenters. The molecule has 1 aromatic carbocycles. The second-order valence-corrected chi connectivity index (χ2v) is 6.20. The lowest BCUT2D eigenvalue weighted by Crippen LogP contribution is -2.49. The van der Waals surface area contributed by atoms with E-state index in [1.165, 1.54) is 11.0 Å². The van der Waals surface area contributed by atoms with Gasteiger partial charge >= 0.3 is 12.1 Å². The van der Waals surface area contributed by atoms with Crippen molar-refractivity contribution in [2.24, 2.45) is 0 Å². The van der Waals surface area contributed by atoms with Crippen LogP contribution in [0.4, 0.5) is 22.0 Å². The summed E-state index contributed by atoms with van der Waals surface area (Å²) in [6.07, 6.45) is -5.08. The molecule has 0 spiro atoms. The van der Waals surface area contributed by atoms with Gasteiger partial charge in [0.25, 0.3) is 11.5 Å². The molecule has 0 bridgehead atoms. The molecule has 27 heavy (non-hydrogen) atoms. The van der Waals surface area contributed by atoms with Gasteiger partial charge in [0.2, 0.25) is 0 Å². The average Bonchev–Trinajstić information content (AvgIpc) is 2.58. The minimum atomic E-state index is -5.08. The molecule has 1 fully saturated rings. The summed E-state index contributed by atoms with van der Waals surface area (Å²) in [7, 11) is 0. The molecule has 1 unspecified atom stereocenters. The van der Waals surface area contributed by atoms with Crippen LogP contribution < -0.4 is 0 Å². The number of carbonyl (C=O) groups is 2. The predicted molar refractivity (Wildman–Crippen MR) is 87.7 cm³/mol. The van der Waals surface area contributed by atoms with Crippen LogP contribution in [0.3, 0.4) is 0 Å². The zero-order valence-corrected chi connectivity index (χ0v) is 15.2. The molecule has 12 heteroatoms. The lowest BCUT2D eigenvalue weighted by atomic mass is 10.2. The third-order valence-corrected chi connectivity index (χ3v) is 4.10. The summed E-state index contributed by atoms with van der Waals surface area (Å²) >= 11 is 11.1. The topological polar surface area (TPSA) is 60.9 Å². The van der Waals surface area contributed by atoms with E-state index in [1.807, 2.05) is 4.90 Å². The first-order valence-electron chi connectivity index (χ1n) is 7.45. The Balaban J connectivity index is 0.000000445. The number of carboxylic acid groups (broad SMARTS) is 1. The summed E-state index contributed by atoms with van der Waals surface area (Å²) in [5.41, 5.74) is -1.56. The highest BCUT2D eigenvalue weighted by atomic mass is 35.5. The number of carbonyl (C=O) groups excluding carboxylic acids is 1. The maximum Gasteiger partial charge on any atom is 0.490 e. The van der Waals surface area contributed by atoms with Crippen molar-refractivity contribution in [3.05, 3.63) is 34.6 Å². The number of amides is 1. The van der Waals surface area contributed by atoms with Crippen molar-refractivity contribution in [1.82, 2.24) is 9.80 Å². The fourth-order valence-electron chi connectivity index (χ4n) is 2.17. The Kier molecular flexibility index (Phi) is 8.70. The monoisotopic (exact) mass is 436 g/mol. The third kappa shape index (κ3) is 7.47. The van der Waals surface area contributed by atoms with E-state index in [1.54, 1.807) is 12.1 Å². The SMILES string of the molecule is O=C(C(F)Cl)N1CCN(Cc2c(F)cccc2Cl)CC1.O=C(O)C(F)(F)F. The number of benzene rings is 1. The van der Waals surface area contributed by atoms with Crippen LogP contribution in [0, 0.1) is 5.82 Å². The van der Waals surface area contributed by atoms with E-state index >= 15 is 0 Å². The normalized spacial score (nSPS) is 16.3. The minimum absolute atomic E-state index is 0.347. The molecule has 152 valence electrons. The number of nitrogens with zero attached hydrogens (tertiary/aromatic N) is 2. The van der Waals surface area contributed by atoms with Gasteiger partial charge in [0.15, 0.2) is 0 Å². The molecule has 0 aliphatic carbocycles. The molecule has 0 radical (unpaired) electrons. The largest absolute Gasteiger partial charge is 0.490 e. The second-order valence-electron chi connectivity index (χ2n) is 5.41. The predicted octanol–water partition coefficient (Wildman–Crippen LogP) is 3.29. The van der Waals surface area contributed by atoms with Gasteiger partial charge in [0, 0.05) is 43.3 Å². The molecule has 2 rings (SSSR count).